The second kappa shape index (κ2) is 13.3. The second-order valence-electron chi connectivity index (χ2n) is 11.5. The molecule has 0 aliphatic carbocycles. The summed E-state index contributed by atoms with van der Waals surface area (Å²) in [5.74, 6) is 2.27. The van der Waals surface area contributed by atoms with Crippen molar-refractivity contribution in [1.82, 2.24) is 0 Å². The van der Waals surface area contributed by atoms with Crippen LogP contribution in [0.15, 0.2) is 72.3 Å². The first-order valence-corrected chi connectivity index (χ1v) is 19.3. The highest BCUT2D eigenvalue weighted by molar-refractivity contribution is 7.54. The summed E-state index contributed by atoms with van der Waals surface area (Å²) in [6.07, 6.45) is 1.46. The maximum absolute atomic E-state index is 14.1. The molecular formula is C32H41O7PSi. The van der Waals surface area contributed by atoms with Gasteiger partial charge in [-0.05, 0) is 61.7 Å². The number of benzene rings is 3. The van der Waals surface area contributed by atoms with Gasteiger partial charge in [-0.1, -0.05) is 67.7 Å². The van der Waals surface area contributed by atoms with Gasteiger partial charge in [-0.2, -0.15) is 0 Å². The van der Waals surface area contributed by atoms with Gasteiger partial charge in [-0.3, -0.25) is 0 Å². The lowest BCUT2D eigenvalue weighted by atomic mass is 9.94. The van der Waals surface area contributed by atoms with Gasteiger partial charge in [-0.15, -0.1) is 0 Å². The van der Waals surface area contributed by atoms with Crippen molar-refractivity contribution >= 4 is 15.7 Å². The minimum Gasteiger partial charge on any atom is -0.496 e. The van der Waals surface area contributed by atoms with Gasteiger partial charge in [0, 0.05) is 13.6 Å². The zero-order chi connectivity index (χ0) is 29.6. The summed E-state index contributed by atoms with van der Waals surface area (Å²) in [5.41, 5.74) is 4.14. The van der Waals surface area contributed by atoms with Crippen LogP contribution in [0.4, 0.5) is 0 Å². The van der Waals surface area contributed by atoms with Crippen LogP contribution in [0, 0.1) is 6.92 Å². The topological polar surface area (TPSA) is 83.5 Å². The Morgan fingerprint density at radius 2 is 1.61 bits per heavy atom. The molecule has 220 valence electrons. The Balaban J connectivity index is 1.65. The number of rotatable bonds is 13. The van der Waals surface area contributed by atoms with E-state index in [2.05, 4.69) is 19.6 Å². The van der Waals surface area contributed by atoms with Crippen LogP contribution in [0.3, 0.4) is 0 Å². The molecule has 41 heavy (non-hydrogen) atoms. The molecule has 0 fully saturated rings. The Bertz CT molecular complexity index is 1360. The first kappa shape index (κ1) is 30.9. The lowest BCUT2D eigenvalue weighted by Gasteiger charge is -2.23. The molecule has 0 aromatic heterocycles. The third kappa shape index (κ3) is 8.04. The fraction of sp³-hybridized carbons (Fsp3) is 0.375. The highest BCUT2D eigenvalue weighted by atomic mass is 31.2. The van der Waals surface area contributed by atoms with Gasteiger partial charge in [0.05, 0.1) is 32.0 Å². The van der Waals surface area contributed by atoms with Crippen molar-refractivity contribution in [2.24, 2.45) is 0 Å². The van der Waals surface area contributed by atoms with Crippen molar-refractivity contribution < 1.29 is 32.9 Å². The van der Waals surface area contributed by atoms with Crippen LogP contribution in [0.25, 0.3) is 0 Å². The number of para-hydroxylation sites is 2. The Morgan fingerprint density at radius 3 is 2.15 bits per heavy atom. The van der Waals surface area contributed by atoms with E-state index in [1.807, 2.05) is 56.3 Å². The summed E-state index contributed by atoms with van der Waals surface area (Å²) in [6, 6.07) is 19.1. The van der Waals surface area contributed by atoms with Gasteiger partial charge in [0.2, 0.25) is 0 Å². The molecule has 0 radical (unpaired) electrons. The molecule has 0 spiro atoms. The van der Waals surface area contributed by atoms with Crippen molar-refractivity contribution in [1.29, 1.82) is 0 Å². The molecule has 0 bridgehead atoms. The SMILES string of the molecule is COc1c(C)c2c(c(OCC[Si](C)(C)C)c1C/C=C(\C)CP(=O)(Oc1ccccc1)Oc1ccccc1)C(O)OC2. The van der Waals surface area contributed by atoms with Gasteiger partial charge in [0.25, 0.3) is 0 Å². The average molecular weight is 597 g/mol. The van der Waals surface area contributed by atoms with Crippen molar-refractivity contribution in [3.8, 4) is 23.0 Å². The van der Waals surface area contributed by atoms with Crippen molar-refractivity contribution in [3.05, 3.63) is 94.6 Å². The van der Waals surface area contributed by atoms with Crippen LogP contribution in [0.2, 0.25) is 25.7 Å². The zero-order valence-electron chi connectivity index (χ0n) is 24.8. The normalized spacial score (nSPS) is 15.4. The monoisotopic (exact) mass is 596 g/mol. The second-order valence-corrected chi connectivity index (χ2v) is 19.0. The van der Waals surface area contributed by atoms with E-state index >= 15 is 0 Å². The molecule has 1 unspecified atom stereocenters. The maximum Gasteiger partial charge on any atom is 0.434 e. The number of aliphatic hydroxyl groups excluding tert-OH is 1. The summed E-state index contributed by atoms with van der Waals surface area (Å²) in [4.78, 5) is 0. The molecule has 3 aromatic rings. The number of hydrogen-bond donors (Lipinski definition) is 1. The first-order chi connectivity index (χ1) is 19.5. The molecule has 1 aliphatic heterocycles. The molecule has 7 nitrogen and oxygen atoms in total. The van der Waals surface area contributed by atoms with E-state index in [9.17, 15) is 9.67 Å². The van der Waals surface area contributed by atoms with Crippen LogP contribution < -0.4 is 18.5 Å². The molecule has 0 amide bonds. The standard InChI is InChI=1S/C32H41O7PSi/c1-23(22-40(34,38-25-13-9-7-10-14-25)39-26-15-11-8-12-16-26)17-18-27-30(35-3)24(2)28-21-37-32(33)29(28)31(27)36-19-20-41(4,5)6/h7-17,32-33H,18-22H2,1-6H3/b23-17+. The Hall–Kier alpha value is -3.03. The van der Waals surface area contributed by atoms with Crippen molar-refractivity contribution in [2.75, 3.05) is 19.9 Å². The first-order valence-electron chi connectivity index (χ1n) is 13.9. The lowest BCUT2D eigenvalue weighted by Crippen LogP contribution is -2.23. The molecule has 3 aromatic carbocycles. The molecule has 1 aliphatic rings. The minimum atomic E-state index is -3.63. The van der Waals surface area contributed by atoms with E-state index in [4.69, 9.17) is 23.3 Å². The predicted molar refractivity (Wildman–Crippen MR) is 165 cm³/mol. The maximum atomic E-state index is 14.1. The number of ether oxygens (including phenoxy) is 3. The van der Waals surface area contributed by atoms with E-state index in [0.717, 1.165) is 28.3 Å². The van der Waals surface area contributed by atoms with Crippen LogP contribution >= 0.6 is 7.60 Å². The molecule has 4 rings (SSSR count). The summed E-state index contributed by atoms with van der Waals surface area (Å²) >= 11 is 0. The van der Waals surface area contributed by atoms with Gasteiger partial charge in [0.15, 0.2) is 6.29 Å². The van der Waals surface area contributed by atoms with Gasteiger partial charge < -0.3 is 28.4 Å². The largest absolute Gasteiger partial charge is 0.496 e. The highest BCUT2D eigenvalue weighted by Crippen LogP contribution is 2.50. The molecule has 1 N–H and O–H groups in total. The predicted octanol–water partition coefficient (Wildman–Crippen LogP) is 8.08. The summed E-state index contributed by atoms with van der Waals surface area (Å²) < 4.78 is 43.9. The average Bonchev–Trinajstić information content (AvgIpc) is 3.30. The lowest BCUT2D eigenvalue weighted by molar-refractivity contribution is -0.0927. The molecule has 0 saturated heterocycles. The van der Waals surface area contributed by atoms with Gasteiger partial charge in [0.1, 0.15) is 23.0 Å². The number of methoxy groups -OCH3 is 1. The van der Waals surface area contributed by atoms with E-state index in [0.29, 0.717) is 48.2 Å². The molecule has 1 heterocycles. The smallest absolute Gasteiger partial charge is 0.434 e. The third-order valence-corrected chi connectivity index (χ3v) is 10.5. The summed E-state index contributed by atoms with van der Waals surface area (Å²) in [6.45, 7) is 11.6. The third-order valence-electron chi connectivity index (χ3n) is 6.92. The van der Waals surface area contributed by atoms with Gasteiger partial charge in [-0.25, -0.2) is 4.57 Å². The summed E-state index contributed by atoms with van der Waals surface area (Å²) in [7, 11) is -3.34. The molecule has 0 saturated carbocycles. The zero-order valence-corrected chi connectivity index (χ0v) is 26.7. The fourth-order valence-corrected chi connectivity index (χ4v) is 7.27. The number of allylic oxidation sites excluding steroid dienone is 2. The van der Waals surface area contributed by atoms with Crippen LogP contribution in [-0.2, 0) is 22.3 Å². The molecule has 9 heteroatoms. The Kier molecular flexibility index (Phi) is 10.0. The Labute approximate surface area is 244 Å². The minimum absolute atomic E-state index is 0.0839. The van der Waals surface area contributed by atoms with E-state index in [1.165, 1.54) is 0 Å². The van der Waals surface area contributed by atoms with Crippen molar-refractivity contribution in [3.63, 3.8) is 0 Å². The number of hydrogen-bond acceptors (Lipinski definition) is 7. The number of fused-ring (bicyclic) bond motifs is 1. The fourth-order valence-electron chi connectivity index (χ4n) is 4.76. The van der Waals surface area contributed by atoms with E-state index in [-0.39, 0.29) is 6.16 Å². The molecule has 1 atom stereocenters. The Morgan fingerprint density at radius 1 is 1.02 bits per heavy atom. The van der Waals surface area contributed by atoms with Crippen LogP contribution in [0.1, 0.15) is 35.5 Å². The summed E-state index contributed by atoms with van der Waals surface area (Å²) in [5, 5.41) is 10.7. The number of aliphatic hydroxyl groups is 1. The van der Waals surface area contributed by atoms with Crippen LogP contribution in [0.5, 0.6) is 23.0 Å². The van der Waals surface area contributed by atoms with E-state index in [1.54, 1.807) is 31.4 Å². The van der Waals surface area contributed by atoms with Crippen molar-refractivity contribution in [2.45, 2.75) is 58.9 Å². The van der Waals surface area contributed by atoms with E-state index < -0.39 is 22.0 Å². The quantitative estimate of drug-likeness (QED) is 0.121. The van der Waals surface area contributed by atoms with Gasteiger partial charge >= 0.3 is 7.60 Å². The molecular weight excluding hydrogens is 555 g/mol. The van der Waals surface area contributed by atoms with Crippen LogP contribution in [-0.4, -0.2) is 33.1 Å². The highest BCUT2D eigenvalue weighted by Gasteiger charge is 2.33.